The van der Waals surface area contributed by atoms with E-state index < -0.39 is 0 Å². The van der Waals surface area contributed by atoms with Crippen molar-refractivity contribution in [1.29, 1.82) is 0 Å². The lowest BCUT2D eigenvalue weighted by molar-refractivity contribution is 0.0891. The minimum absolute atomic E-state index is 0. The summed E-state index contributed by atoms with van der Waals surface area (Å²) in [7, 11) is 3.27. The van der Waals surface area contributed by atoms with Crippen LogP contribution in [0.3, 0.4) is 0 Å². The van der Waals surface area contributed by atoms with Gasteiger partial charge >= 0.3 is 0 Å². The van der Waals surface area contributed by atoms with Gasteiger partial charge in [0.05, 0.1) is 24.8 Å². The van der Waals surface area contributed by atoms with Crippen LogP contribution in [0.4, 0.5) is 0 Å². The first-order chi connectivity index (χ1) is 10.1. The molecular weight excluding hydrogens is 372 g/mol. The summed E-state index contributed by atoms with van der Waals surface area (Å²) in [5.74, 6) is 0.541. The Hall–Kier alpha value is -0.820. The number of amides is 1. The summed E-state index contributed by atoms with van der Waals surface area (Å²) in [4.78, 5) is 12.4. The van der Waals surface area contributed by atoms with Gasteiger partial charge in [-0.05, 0) is 53.5 Å². The lowest BCUT2D eigenvalue weighted by Crippen LogP contribution is -2.53. The van der Waals surface area contributed by atoms with Gasteiger partial charge in [0, 0.05) is 18.1 Å². The van der Waals surface area contributed by atoms with Crippen molar-refractivity contribution < 1.29 is 14.3 Å². The number of nitrogens with one attached hydrogen (secondary N) is 2. The molecule has 22 heavy (non-hydrogen) atoms. The fourth-order valence-corrected chi connectivity index (χ4v) is 3.05. The lowest BCUT2D eigenvalue weighted by atomic mass is 9.98. The van der Waals surface area contributed by atoms with E-state index in [1.165, 1.54) is 0 Å². The standard InChI is InChI=1S/C15H21BrN2O3.ClH/c1-20-10-15(6-3-7-18-15)9-17-14(19)12-8-11(21-2)4-5-13(12)16;/h4-5,8,18H,3,6-7,9-10H2,1-2H3,(H,17,19);1H. The number of rotatable bonds is 6. The Morgan fingerprint density at radius 3 is 2.82 bits per heavy atom. The molecule has 0 bridgehead atoms. The highest BCUT2D eigenvalue weighted by atomic mass is 79.9. The van der Waals surface area contributed by atoms with Crippen LogP contribution in [0.15, 0.2) is 22.7 Å². The lowest BCUT2D eigenvalue weighted by Gasteiger charge is -2.29. The molecule has 1 aromatic carbocycles. The number of carbonyl (C=O) groups is 1. The minimum Gasteiger partial charge on any atom is -0.497 e. The van der Waals surface area contributed by atoms with Crippen molar-refractivity contribution in [2.24, 2.45) is 0 Å². The molecule has 124 valence electrons. The number of carbonyl (C=O) groups excluding carboxylic acids is 1. The van der Waals surface area contributed by atoms with Gasteiger partial charge in [0.15, 0.2) is 0 Å². The summed E-state index contributed by atoms with van der Waals surface area (Å²) in [5.41, 5.74) is 0.412. The van der Waals surface area contributed by atoms with Crippen LogP contribution in [-0.4, -0.2) is 45.4 Å². The van der Waals surface area contributed by atoms with Crippen LogP contribution in [0.5, 0.6) is 5.75 Å². The number of hydrogen-bond donors (Lipinski definition) is 2. The maximum Gasteiger partial charge on any atom is 0.252 e. The van der Waals surface area contributed by atoms with E-state index in [-0.39, 0.29) is 23.9 Å². The predicted octanol–water partition coefficient (Wildman–Crippen LogP) is 2.38. The Labute approximate surface area is 145 Å². The summed E-state index contributed by atoms with van der Waals surface area (Å²) in [6.45, 7) is 2.10. The van der Waals surface area contributed by atoms with Crippen LogP contribution in [0, 0.1) is 0 Å². The van der Waals surface area contributed by atoms with Gasteiger partial charge in [0.2, 0.25) is 0 Å². The summed E-state index contributed by atoms with van der Waals surface area (Å²) < 4.78 is 11.2. The SMILES string of the molecule is COCC1(CNC(=O)c2cc(OC)ccc2Br)CCCN1.Cl. The molecule has 1 aliphatic heterocycles. The largest absolute Gasteiger partial charge is 0.497 e. The third-order valence-corrected chi connectivity index (χ3v) is 4.45. The summed E-state index contributed by atoms with van der Waals surface area (Å²) >= 11 is 3.40. The molecule has 5 nitrogen and oxygen atoms in total. The zero-order valence-corrected chi connectivity index (χ0v) is 15.2. The third kappa shape index (κ3) is 4.59. The van der Waals surface area contributed by atoms with Crippen LogP contribution in [0.1, 0.15) is 23.2 Å². The van der Waals surface area contributed by atoms with E-state index in [9.17, 15) is 4.79 Å². The average Bonchev–Trinajstić information content (AvgIpc) is 2.95. The van der Waals surface area contributed by atoms with Crippen LogP contribution in [0.2, 0.25) is 0 Å². The van der Waals surface area contributed by atoms with Crippen molar-refractivity contribution in [2.75, 3.05) is 33.9 Å². The highest BCUT2D eigenvalue weighted by Crippen LogP contribution is 2.23. The van der Waals surface area contributed by atoms with Crippen molar-refractivity contribution in [3.05, 3.63) is 28.2 Å². The predicted molar refractivity (Wildman–Crippen MR) is 92.1 cm³/mol. The molecule has 0 radical (unpaired) electrons. The summed E-state index contributed by atoms with van der Waals surface area (Å²) in [5, 5.41) is 6.43. The van der Waals surface area contributed by atoms with Gasteiger partial charge in [-0.1, -0.05) is 0 Å². The van der Waals surface area contributed by atoms with E-state index in [4.69, 9.17) is 9.47 Å². The zero-order chi connectivity index (χ0) is 15.3. The molecule has 1 saturated heterocycles. The first kappa shape index (κ1) is 19.2. The monoisotopic (exact) mass is 392 g/mol. The van der Waals surface area contributed by atoms with Gasteiger partial charge in [-0.2, -0.15) is 0 Å². The van der Waals surface area contributed by atoms with Crippen molar-refractivity contribution in [1.82, 2.24) is 10.6 Å². The second kappa shape index (κ2) is 8.72. The Morgan fingerprint density at radius 2 is 2.23 bits per heavy atom. The summed E-state index contributed by atoms with van der Waals surface area (Å²) in [6.07, 6.45) is 2.10. The van der Waals surface area contributed by atoms with Crippen molar-refractivity contribution >= 4 is 34.2 Å². The Morgan fingerprint density at radius 1 is 1.45 bits per heavy atom. The Balaban J connectivity index is 0.00000242. The van der Waals surface area contributed by atoms with E-state index in [0.717, 1.165) is 23.9 Å². The van der Waals surface area contributed by atoms with Gasteiger partial charge in [-0.25, -0.2) is 0 Å². The Kier molecular flexibility index (Phi) is 7.62. The maximum atomic E-state index is 12.4. The van der Waals surface area contributed by atoms with Crippen LogP contribution < -0.4 is 15.4 Å². The average molecular weight is 394 g/mol. The molecule has 1 heterocycles. The first-order valence-corrected chi connectivity index (χ1v) is 7.75. The molecule has 0 aromatic heterocycles. The van der Waals surface area contributed by atoms with Crippen LogP contribution >= 0.6 is 28.3 Å². The first-order valence-electron chi connectivity index (χ1n) is 6.96. The van der Waals surface area contributed by atoms with E-state index >= 15 is 0 Å². The Bertz CT molecular complexity index is 508. The molecule has 1 aliphatic rings. The van der Waals surface area contributed by atoms with Crippen LogP contribution in [0.25, 0.3) is 0 Å². The van der Waals surface area contributed by atoms with E-state index in [0.29, 0.717) is 24.5 Å². The van der Waals surface area contributed by atoms with Gasteiger partial charge in [-0.3, -0.25) is 4.79 Å². The molecule has 1 fully saturated rings. The fourth-order valence-electron chi connectivity index (χ4n) is 2.62. The van der Waals surface area contributed by atoms with E-state index in [1.807, 2.05) is 12.1 Å². The maximum absolute atomic E-state index is 12.4. The normalized spacial score (nSPS) is 20.3. The second-order valence-corrected chi connectivity index (χ2v) is 6.13. The number of ether oxygens (including phenoxy) is 2. The molecule has 7 heteroatoms. The van der Waals surface area contributed by atoms with Crippen molar-refractivity contribution in [3.8, 4) is 5.75 Å². The third-order valence-electron chi connectivity index (χ3n) is 3.76. The smallest absolute Gasteiger partial charge is 0.252 e. The second-order valence-electron chi connectivity index (χ2n) is 5.27. The quantitative estimate of drug-likeness (QED) is 0.779. The topological polar surface area (TPSA) is 59.6 Å². The number of benzene rings is 1. The minimum atomic E-state index is -0.157. The zero-order valence-electron chi connectivity index (χ0n) is 12.8. The van der Waals surface area contributed by atoms with E-state index in [2.05, 4.69) is 26.6 Å². The van der Waals surface area contributed by atoms with Crippen molar-refractivity contribution in [3.63, 3.8) is 0 Å². The molecule has 1 aromatic rings. The molecular formula is C15H22BrClN2O3. The molecule has 0 saturated carbocycles. The number of methoxy groups -OCH3 is 2. The molecule has 0 spiro atoms. The number of hydrogen-bond acceptors (Lipinski definition) is 4. The molecule has 1 amide bonds. The number of halogens is 2. The molecule has 2 rings (SSSR count). The van der Waals surface area contributed by atoms with Gasteiger partial charge in [0.25, 0.3) is 5.91 Å². The van der Waals surface area contributed by atoms with Gasteiger partial charge < -0.3 is 20.1 Å². The molecule has 2 N–H and O–H groups in total. The molecule has 1 unspecified atom stereocenters. The highest BCUT2D eigenvalue weighted by molar-refractivity contribution is 9.10. The van der Waals surface area contributed by atoms with E-state index in [1.54, 1.807) is 20.3 Å². The van der Waals surface area contributed by atoms with Crippen molar-refractivity contribution in [2.45, 2.75) is 18.4 Å². The fraction of sp³-hybridized carbons (Fsp3) is 0.533. The van der Waals surface area contributed by atoms with Gasteiger partial charge in [0.1, 0.15) is 5.75 Å². The highest BCUT2D eigenvalue weighted by Gasteiger charge is 2.33. The molecule has 0 aliphatic carbocycles. The summed E-state index contributed by atoms with van der Waals surface area (Å²) in [6, 6.07) is 5.35. The van der Waals surface area contributed by atoms with Gasteiger partial charge in [-0.15, -0.1) is 12.4 Å². The molecule has 1 atom stereocenters. The van der Waals surface area contributed by atoms with Crippen LogP contribution in [-0.2, 0) is 4.74 Å².